The second kappa shape index (κ2) is 11.5. The molecule has 0 aliphatic heterocycles. The number of rotatable bonds is 15. The van der Waals surface area contributed by atoms with E-state index in [-0.39, 0.29) is 11.2 Å². The lowest BCUT2D eigenvalue weighted by molar-refractivity contribution is -0.539. The molecule has 0 aromatic heterocycles. The predicted octanol–water partition coefficient (Wildman–Crippen LogP) is 6.73. The van der Waals surface area contributed by atoms with Gasteiger partial charge in [0.1, 0.15) is 0 Å². The molecule has 0 amide bonds. The van der Waals surface area contributed by atoms with E-state index in [9.17, 15) is 0 Å². The molecule has 4 heteroatoms. The number of unbranched alkanes of at least 4 members (excludes halogenated alkanes) is 4. The van der Waals surface area contributed by atoms with Crippen LogP contribution < -0.4 is 0 Å². The molecule has 0 aromatic rings. The lowest BCUT2D eigenvalue weighted by Crippen LogP contribution is -2.39. The average Bonchev–Trinajstić information content (AvgIpc) is 2.52. The maximum atomic E-state index is 5.69. The minimum atomic E-state index is -0.899. The van der Waals surface area contributed by atoms with E-state index in [1.807, 2.05) is 41.5 Å². The maximum Gasteiger partial charge on any atom is 0.231 e. The normalized spacial score (nSPS) is 13.5. The Morgan fingerprint density at radius 3 is 1.21 bits per heavy atom. The van der Waals surface area contributed by atoms with Crippen molar-refractivity contribution in [2.24, 2.45) is 0 Å². The minimum Gasteiger partial charge on any atom is -0.228 e. The van der Waals surface area contributed by atoms with E-state index in [2.05, 4.69) is 13.8 Å². The zero-order chi connectivity index (χ0) is 18.7. The zero-order valence-corrected chi connectivity index (χ0v) is 17.5. The average molecular weight is 347 g/mol. The first kappa shape index (κ1) is 23.8. The van der Waals surface area contributed by atoms with Crippen LogP contribution in [-0.2, 0) is 19.6 Å². The van der Waals surface area contributed by atoms with Crippen LogP contribution in [0.25, 0.3) is 0 Å². The molecule has 0 fully saturated rings. The van der Waals surface area contributed by atoms with Crippen LogP contribution in [0.4, 0.5) is 0 Å². The first-order valence-corrected chi connectivity index (χ1v) is 9.83. The summed E-state index contributed by atoms with van der Waals surface area (Å²) >= 11 is 0. The van der Waals surface area contributed by atoms with Crippen LogP contribution in [0.1, 0.15) is 113 Å². The third-order valence-corrected chi connectivity index (χ3v) is 4.29. The van der Waals surface area contributed by atoms with Gasteiger partial charge in [0.25, 0.3) is 0 Å². The van der Waals surface area contributed by atoms with Crippen molar-refractivity contribution < 1.29 is 19.6 Å². The maximum absolute atomic E-state index is 5.69. The van der Waals surface area contributed by atoms with E-state index >= 15 is 0 Å². The van der Waals surface area contributed by atoms with Crippen molar-refractivity contribution >= 4 is 0 Å². The van der Waals surface area contributed by atoms with Crippen LogP contribution >= 0.6 is 0 Å². The van der Waals surface area contributed by atoms with E-state index < -0.39 is 5.79 Å². The predicted molar refractivity (Wildman–Crippen MR) is 99.5 cm³/mol. The van der Waals surface area contributed by atoms with E-state index in [0.29, 0.717) is 6.42 Å². The standard InChI is InChI=1S/C20H42O4/c1-9-12-14-16-18(4,5)21-23-20(8,11-3)24-22-19(6,7)17-15-13-10-2/h9-17H2,1-8H3. The Hall–Kier alpha value is -0.160. The summed E-state index contributed by atoms with van der Waals surface area (Å²) in [6, 6.07) is 0. The Kier molecular flexibility index (Phi) is 11.4. The summed E-state index contributed by atoms with van der Waals surface area (Å²) in [5.74, 6) is -0.899. The van der Waals surface area contributed by atoms with E-state index in [1.54, 1.807) is 0 Å². The molecule has 0 heterocycles. The van der Waals surface area contributed by atoms with Gasteiger partial charge in [-0.25, -0.2) is 9.78 Å². The molecule has 146 valence electrons. The Balaban J connectivity index is 4.36. The Morgan fingerprint density at radius 2 is 0.917 bits per heavy atom. The highest BCUT2D eigenvalue weighted by atomic mass is 17.3. The third-order valence-electron chi connectivity index (χ3n) is 4.29. The fraction of sp³-hybridized carbons (Fsp3) is 1.00. The highest BCUT2D eigenvalue weighted by molar-refractivity contribution is 4.68. The molecule has 0 atom stereocenters. The fourth-order valence-corrected chi connectivity index (χ4v) is 2.22. The van der Waals surface area contributed by atoms with Crippen molar-refractivity contribution in [1.29, 1.82) is 0 Å². The van der Waals surface area contributed by atoms with Gasteiger partial charge in [-0.15, -0.1) is 0 Å². The molecule has 0 spiro atoms. The number of hydrogen-bond acceptors (Lipinski definition) is 4. The van der Waals surface area contributed by atoms with Gasteiger partial charge < -0.3 is 0 Å². The van der Waals surface area contributed by atoms with Crippen LogP contribution in [-0.4, -0.2) is 17.0 Å². The van der Waals surface area contributed by atoms with Crippen molar-refractivity contribution in [3.63, 3.8) is 0 Å². The quantitative estimate of drug-likeness (QED) is 0.143. The molecule has 0 unspecified atom stereocenters. The SMILES string of the molecule is CCCCCC(C)(C)OOC(C)(CC)OOC(C)(C)CCCCC. The van der Waals surface area contributed by atoms with Crippen LogP contribution in [0, 0.1) is 0 Å². The summed E-state index contributed by atoms with van der Waals surface area (Å²) in [5, 5.41) is 0. The van der Waals surface area contributed by atoms with E-state index in [4.69, 9.17) is 19.6 Å². The molecule has 0 radical (unpaired) electrons. The van der Waals surface area contributed by atoms with Gasteiger partial charge in [-0.2, -0.15) is 9.78 Å². The molecule has 0 saturated carbocycles. The second-order valence-electron chi connectivity index (χ2n) is 8.25. The van der Waals surface area contributed by atoms with Gasteiger partial charge in [0.2, 0.25) is 5.79 Å². The Morgan fingerprint density at radius 1 is 0.542 bits per heavy atom. The zero-order valence-electron chi connectivity index (χ0n) is 17.5. The molecule has 0 rings (SSSR count). The summed E-state index contributed by atoms with van der Waals surface area (Å²) in [6.07, 6.45) is 9.67. The first-order valence-electron chi connectivity index (χ1n) is 9.83. The Bertz CT molecular complexity index is 287. The summed E-state index contributed by atoms with van der Waals surface area (Å²) in [5.41, 5.74) is -0.656. The van der Waals surface area contributed by atoms with Gasteiger partial charge in [0.05, 0.1) is 11.2 Å². The minimum absolute atomic E-state index is 0.328. The van der Waals surface area contributed by atoms with Crippen molar-refractivity contribution in [3.05, 3.63) is 0 Å². The van der Waals surface area contributed by atoms with Gasteiger partial charge in [0, 0.05) is 6.42 Å². The van der Waals surface area contributed by atoms with E-state index in [1.165, 1.54) is 25.7 Å². The van der Waals surface area contributed by atoms with Crippen molar-refractivity contribution in [3.8, 4) is 0 Å². The largest absolute Gasteiger partial charge is 0.231 e. The topological polar surface area (TPSA) is 36.9 Å². The van der Waals surface area contributed by atoms with Crippen molar-refractivity contribution in [2.45, 2.75) is 130 Å². The summed E-state index contributed by atoms with van der Waals surface area (Å²) in [4.78, 5) is 22.7. The van der Waals surface area contributed by atoms with Gasteiger partial charge in [-0.05, 0) is 47.5 Å². The highest BCUT2D eigenvalue weighted by Crippen LogP contribution is 2.28. The molecule has 0 bridgehead atoms. The molecular weight excluding hydrogens is 304 g/mol. The monoisotopic (exact) mass is 346 g/mol. The molecule has 0 aromatic carbocycles. The summed E-state index contributed by atoms with van der Waals surface area (Å²) < 4.78 is 0. The smallest absolute Gasteiger partial charge is 0.228 e. The van der Waals surface area contributed by atoms with Crippen LogP contribution in [0.3, 0.4) is 0 Å². The molecule has 4 nitrogen and oxygen atoms in total. The van der Waals surface area contributed by atoms with Gasteiger partial charge in [-0.3, -0.25) is 0 Å². The molecule has 24 heavy (non-hydrogen) atoms. The molecule has 0 aliphatic rings. The summed E-state index contributed by atoms with van der Waals surface area (Å²) in [7, 11) is 0. The fourth-order valence-electron chi connectivity index (χ4n) is 2.22. The highest BCUT2D eigenvalue weighted by Gasteiger charge is 2.33. The second-order valence-corrected chi connectivity index (χ2v) is 8.25. The molecule has 0 saturated heterocycles. The van der Waals surface area contributed by atoms with Crippen molar-refractivity contribution in [2.75, 3.05) is 0 Å². The lowest BCUT2D eigenvalue weighted by Gasteiger charge is -2.34. The van der Waals surface area contributed by atoms with Crippen LogP contribution in [0.15, 0.2) is 0 Å². The van der Waals surface area contributed by atoms with Gasteiger partial charge in [0.15, 0.2) is 0 Å². The van der Waals surface area contributed by atoms with Crippen LogP contribution in [0.5, 0.6) is 0 Å². The van der Waals surface area contributed by atoms with E-state index in [0.717, 1.165) is 25.7 Å². The molecule has 0 aliphatic carbocycles. The van der Waals surface area contributed by atoms with Crippen LogP contribution in [0.2, 0.25) is 0 Å². The molecule has 0 N–H and O–H groups in total. The Labute approximate surface area is 150 Å². The summed E-state index contributed by atoms with van der Waals surface area (Å²) in [6.45, 7) is 16.5. The van der Waals surface area contributed by atoms with Crippen molar-refractivity contribution in [1.82, 2.24) is 0 Å². The first-order chi connectivity index (χ1) is 11.1. The number of hydrogen-bond donors (Lipinski definition) is 0. The van der Waals surface area contributed by atoms with Gasteiger partial charge in [-0.1, -0.05) is 59.3 Å². The lowest BCUT2D eigenvalue weighted by atomic mass is 10.0. The third kappa shape index (κ3) is 11.4. The van der Waals surface area contributed by atoms with Gasteiger partial charge >= 0.3 is 0 Å². The molecular formula is C20H42O4.